The van der Waals surface area contributed by atoms with Crippen molar-refractivity contribution in [2.45, 2.75) is 102 Å². The molecule has 2 saturated heterocycles. The second-order valence-electron chi connectivity index (χ2n) is 15.0. The molecule has 2 fully saturated rings. The number of nitrogens with two attached hydrogens (primary N) is 1. The first-order chi connectivity index (χ1) is 28.8. The summed E-state index contributed by atoms with van der Waals surface area (Å²) in [5, 5.41) is 16.1. The Hall–Kier alpha value is -3.88. The van der Waals surface area contributed by atoms with Crippen molar-refractivity contribution in [1.82, 2.24) is 4.90 Å². The van der Waals surface area contributed by atoms with E-state index in [4.69, 9.17) is 36.9 Å². The first-order valence-electron chi connectivity index (χ1n) is 20.2. The molecular weight excluding hydrogens is 807 g/mol. The quantitative estimate of drug-likeness (QED) is 0.0510. The summed E-state index contributed by atoms with van der Waals surface area (Å²) < 4.78 is 15.7. The van der Waals surface area contributed by atoms with Crippen molar-refractivity contribution in [2.24, 2.45) is 5.73 Å². The van der Waals surface area contributed by atoms with Crippen molar-refractivity contribution in [1.29, 1.82) is 0 Å². The van der Waals surface area contributed by atoms with Crippen LogP contribution in [0.25, 0.3) is 0 Å². The van der Waals surface area contributed by atoms with Crippen molar-refractivity contribution in [3.63, 3.8) is 0 Å². The Labute approximate surface area is 389 Å². The molecule has 2 aliphatic heterocycles. The predicted molar refractivity (Wildman–Crippen MR) is 235 cm³/mol. The van der Waals surface area contributed by atoms with Crippen LogP contribution in [0.15, 0.2) is 122 Å². The Balaban J connectivity index is 0.000000425. The molecule has 4 atom stereocenters. The molecular formula is C48H62ClN2NaO9. The smallest absolute Gasteiger partial charge is 1.00 e. The molecule has 0 saturated carbocycles. The summed E-state index contributed by atoms with van der Waals surface area (Å²) in [6.45, 7) is 11.2. The van der Waals surface area contributed by atoms with Crippen LogP contribution in [0.2, 0.25) is 0 Å². The van der Waals surface area contributed by atoms with E-state index in [1.165, 1.54) is 35.1 Å². The molecule has 4 aromatic rings. The molecule has 4 N–H and O–H groups in total. The molecule has 326 valence electrons. The number of amides is 1. The number of nitrogens with zero attached hydrogens (tertiary/aromatic N) is 1. The minimum absolute atomic E-state index is 0. The summed E-state index contributed by atoms with van der Waals surface area (Å²) in [4.78, 5) is 37.0. The second-order valence-corrected chi connectivity index (χ2v) is 15.4. The summed E-state index contributed by atoms with van der Waals surface area (Å²) >= 11 is 5.19. The molecule has 0 aromatic heterocycles. The number of carbonyl (C=O) groups excluding carboxylic acids is 3. The summed E-state index contributed by atoms with van der Waals surface area (Å²) in [5.41, 5.74) is 12.4. The van der Waals surface area contributed by atoms with E-state index in [0.29, 0.717) is 19.3 Å². The number of halogens is 1. The molecule has 2 aliphatic carbocycles. The Morgan fingerprint density at radius 1 is 0.869 bits per heavy atom. The van der Waals surface area contributed by atoms with E-state index in [9.17, 15) is 14.7 Å². The van der Waals surface area contributed by atoms with Gasteiger partial charge in [-0.25, -0.2) is 5.26 Å². The largest absolute Gasteiger partial charge is 1.00 e. The molecule has 2 heterocycles. The first-order valence-corrected chi connectivity index (χ1v) is 20.6. The number of fused-ring (bicyclic) bond motifs is 4. The van der Waals surface area contributed by atoms with Crippen LogP contribution in [0.4, 0.5) is 0 Å². The predicted octanol–water partition coefficient (Wildman–Crippen LogP) is 5.58. The number of aliphatic hydroxyl groups is 1. The van der Waals surface area contributed by atoms with Gasteiger partial charge in [-0.15, -0.1) is 0 Å². The van der Waals surface area contributed by atoms with Gasteiger partial charge < -0.3 is 36.3 Å². The van der Waals surface area contributed by atoms with Crippen molar-refractivity contribution in [3.05, 3.63) is 155 Å². The first kappa shape index (κ1) is 53.3. The van der Waals surface area contributed by atoms with Gasteiger partial charge in [0.15, 0.2) is 0 Å². The van der Waals surface area contributed by atoms with E-state index in [-0.39, 0.29) is 72.9 Å². The van der Waals surface area contributed by atoms with Gasteiger partial charge in [-0.3, -0.25) is 14.4 Å². The van der Waals surface area contributed by atoms with Gasteiger partial charge in [-0.2, -0.15) is 0 Å². The molecule has 1 amide bonds. The zero-order chi connectivity index (χ0) is 43.9. The standard InChI is InChI=1S/C21H23NO2.C9H9ClO.C9H11NO.2C4H8O.CH2O3.Na.H/c1-21(2)22(19(23)13-12-15-8-4-3-5-9-15)20-17-11-7-6-10-16(17)14-18(20)24-21;10-9(11)7-6-8-4-2-1-3-5-8;10-9-7-4-2-1-3-6(7)5-8(9)11;1-2-4-5-3-1;1-4(2)5-3;2-1-4-3;;/h3-11,18,20H,12-14H2,1-2H3;1-5H,6-7H2;1-4,8-9,11H,5,10H2;1-4H2;1H2,2-3H3;1,3H;;/q;;;;;;+1;-1/t18-,20+;;8-,9+;;;;;/m1.1...../s1. The van der Waals surface area contributed by atoms with Gasteiger partial charge in [0.25, 0.3) is 0 Å². The summed E-state index contributed by atoms with van der Waals surface area (Å²) in [6, 6.07) is 36.2. The number of ether oxygens (including phenoxy) is 3. The number of aryl methyl sites for hydroxylation is 2. The maximum absolute atomic E-state index is 13.0. The third kappa shape index (κ3) is 18.2. The third-order valence-corrected chi connectivity index (χ3v) is 10.3. The molecule has 0 bridgehead atoms. The Kier molecular flexibility index (Phi) is 25.0. The van der Waals surface area contributed by atoms with Crippen molar-refractivity contribution in [2.75, 3.05) is 20.3 Å². The number of carbonyl (C=O) groups is 3. The Morgan fingerprint density at radius 2 is 1.33 bits per heavy atom. The number of hydrogen-bond donors (Lipinski definition) is 3. The van der Waals surface area contributed by atoms with Crippen LogP contribution in [0.3, 0.4) is 0 Å². The van der Waals surface area contributed by atoms with Crippen molar-refractivity contribution in [3.8, 4) is 0 Å². The van der Waals surface area contributed by atoms with Gasteiger partial charge in [0, 0.05) is 38.9 Å². The maximum atomic E-state index is 13.0. The summed E-state index contributed by atoms with van der Waals surface area (Å²) in [7, 11) is 1.60. The van der Waals surface area contributed by atoms with Gasteiger partial charge in [0.1, 0.15) is 5.72 Å². The summed E-state index contributed by atoms with van der Waals surface area (Å²) in [6.07, 6.45) is 6.30. The number of aliphatic hydroxyl groups excluding tert-OH is 1. The topological polar surface area (TPSA) is 158 Å². The Bertz CT molecular complexity index is 1900. The zero-order valence-electron chi connectivity index (χ0n) is 37.2. The van der Waals surface area contributed by atoms with Crippen LogP contribution < -0.4 is 35.3 Å². The fourth-order valence-electron chi connectivity index (χ4n) is 7.19. The van der Waals surface area contributed by atoms with E-state index in [1.807, 2.05) is 91.5 Å². The zero-order valence-corrected chi connectivity index (χ0v) is 39.0. The normalized spacial score (nSPS) is 19.1. The minimum atomic E-state index is -0.545. The fraction of sp³-hybridized carbons (Fsp3) is 0.396. The monoisotopic (exact) mass is 868 g/mol. The second kappa shape index (κ2) is 28.7. The Morgan fingerprint density at radius 3 is 1.77 bits per heavy atom. The van der Waals surface area contributed by atoms with Crippen LogP contribution >= 0.6 is 11.6 Å². The van der Waals surface area contributed by atoms with Crippen LogP contribution in [0, 0.1) is 0 Å². The van der Waals surface area contributed by atoms with Crippen LogP contribution in [-0.4, -0.2) is 71.1 Å². The van der Waals surface area contributed by atoms with Gasteiger partial charge in [0.05, 0.1) is 37.2 Å². The summed E-state index contributed by atoms with van der Waals surface area (Å²) in [5.74, 6) is 0.929. The van der Waals surface area contributed by atoms with Gasteiger partial charge in [0.2, 0.25) is 11.1 Å². The molecule has 0 radical (unpaired) electrons. The molecule has 61 heavy (non-hydrogen) atoms. The van der Waals surface area contributed by atoms with Crippen LogP contribution in [0.5, 0.6) is 0 Å². The van der Waals surface area contributed by atoms with Gasteiger partial charge >= 0.3 is 36.0 Å². The average molecular weight is 869 g/mol. The third-order valence-electron chi connectivity index (χ3n) is 10.1. The fourth-order valence-corrected chi connectivity index (χ4v) is 7.28. The number of rotatable bonds is 8. The molecule has 8 rings (SSSR count). The van der Waals surface area contributed by atoms with Crippen molar-refractivity contribution >= 4 is 29.2 Å². The molecule has 4 aliphatic rings. The van der Waals surface area contributed by atoms with E-state index in [2.05, 4.69) is 52.6 Å². The van der Waals surface area contributed by atoms with Gasteiger partial charge in [-0.1, -0.05) is 116 Å². The van der Waals surface area contributed by atoms with Crippen LogP contribution in [-0.2, 0) is 59.2 Å². The molecule has 4 aromatic carbocycles. The molecule has 11 nitrogen and oxygen atoms in total. The SMILES string of the molecule is C1CCOC1.C=C(C)OC.CC1(C)O[C@@H]2Cc3ccccc3[C@@H]2N1C(=O)CCc1ccccc1.N[C@H]1c2ccccc2C[C@H]1O.O=C(Cl)CCc1ccccc1.O=COO.[H-].[Na+]. The number of benzene rings is 4. The van der Waals surface area contributed by atoms with Gasteiger partial charge in [-0.05, 0) is 91.4 Å². The number of hydrogen-bond acceptors (Lipinski definition) is 10. The van der Waals surface area contributed by atoms with E-state index >= 15 is 0 Å². The molecule has 0 spiro atoms. The number of methoxy groups -OCH3 is 1. The molecule has 0 unspecified atom stereocenters. The van der Waals surface area contributed by atoms with E-state index in [1.54, 1.807) is 14.0 Å². The van der Waals surface area contributed by atoms with E-state index in [0.717, 1.165) is 49.4 Å². The molecule has 13 heteroatoms. The average Bonchev–Trinajstić information content (AvgIpc) is 4.06. The van der Waals surface area contributed by atoms with Crippen LogP contribution in [0.1, 0.15) is 93.3 Å². The minimum Gasteiger partial charge on any atom is -1.00 e. The van der Waals surface area contributed by atoms with Crippen molar-refractivity contribution < 1.29 is 74.8 Å². The van der Waals surface area contributed by atoms with E-state index < -0.39 is 5.72 Å². The maximum Gasteiger partial charge on any atom is 1.00 e. The number of allylic oxidation sites excluding steroid dienone is 1.